The van der Waals surface area contributed by atoms with Gasteiger partial charge in [0.05, 0.1) is 6.10 Å². The van der Waals surface area contributed by atoms with Crippen molar-refractivity contribution in [3.63, 3.8) is 0 Å². The van der Waals surface area contributed by atoms with Crippen LogP contribution in [0.15, 0.2) is 24.3 Å². The predicted octanol–water partition coefficient (Wildman–Crippen LogP) is 3.20. The summed E-state index contributed by atoms with van der Waals surface area (Å²) in [7, 11) is 0. The van der Waals surface area contributed by atoms with Gasteiger partial charge in [-0.05, 0) is 42.4 Å². The van der Waals surface area contributed by atoms with Crippen LogP contribution in [0, 0.1) is 11.2 Å². The Kier molecular flexibility index (Phi) is 4.58. The molecule has 1 aromatic carbocycles. The third-order valence-corrected chi connectivity index (χ3v) is 4.86. The topological polar surface area (TPSA) is 46.2 Å². The molecule has 0 amide bonds. The highest BCUT2D eigenvalue weighted by Gasteiger charge is 2.42. The average molecular weight is 265 g/mol. The van der Waals surface area contributed by atoms with Gasteiger partial charge in [0.2, 0.25) is 0 Å². The molecule has 2 rings (SSSR count). The molecule has 0 radical (unpaired) electrons. The number of hydrogen-bond donors (Lipinski definition) is 2. The summed E-state index contributed by atoms with van der Waals surface area (Å²) in [5.74, 6) is -0.348. The van der Waals surface area contributed by atoms with Crippen LogP contribution >= 0.6 is 0 Å². The lowest BCUT2D eigenvalue weighted by Gasteiger charge is -2.38. The second-order valence-corrected chi connectivity index (χ2v) is 5.76. The molecule has 19 heavy (non-hydrogen) atoms. The number of benzene rings is 1. The quantitative estimate of drug-likeness (QED) is 0.858. The molecule has 3 N–H and O–H groups in total. The first-order valence-corrected chi connectivity index (χ1v) is 7.26. The summed E-state index contributed by atoms with van der Waals surface area (Å²) >= 11 is 0. The lowest BCUT2D eigenvalue weighted by Crippen LogP contribution is -2.40. The molecule has 0 aliphatic heterocycles. The monoisotopic (exact) mass is 265 g/mol. The zero-order valence-corrected chi connectivity index (χ0v) is 11.6. The first-order valence-electron chi connectivity index (χ1n) is 7.26. The van der Waals surface area contributed by atoms with Gasteiger partial charge < -0.3 is 10.8 Å². The van der Waals surface area contributed by atoms with Gasteiger partial charge >= 0.3 is 0 Å². The van der Waals surface area contributed by atoms with E-state index in [9.17, 15) is 9.50 Å². The van der Waals surface area contributed by atoms with Crippen LogP contribution in [-0.4, -0.2) is 17.8 Å². The van der Waals surface area contributed by atoms with E-state index >= 15 is 0 Å². The maximum absolute atomic E-state index is 13.0. The Labute approximate surface area is 114 Å². The first kappa shape index (κ1) is 14.5. The highest BCUT2D eigenvalue weighted by atomic mass is 19.1. The SMILES string of the molecule is CCC1(C(O)C(CN)c2ccc(F)cc2)CCCC1. The van der Waals surface area contributed by atoms with E-state index < -0.39 is 6.10 Å². The van der Waals surface area contributed by atoms with Crippen LogP contribution in [0.5, 0.6) is 0 Å². The normalized spacial score (nSPS) is 21.3. The van der Waals surface area contributed by atoms with Crippen molar-refractivity contribution in [1.29, 1.82) is 0 Å². The zero-order chi connectivity index (χ0) is 13.9. The molecular weight excluding hydrogens is 241 g/mol. The van der Waals surface area contributed by atoms with E-state index in [-0.39, 0.29) is 17.2 Å². The summed E-state index contributed by atoms with van der Waals surface area (Å²) in [6, 6.07) is 6.37. The van der Waals surface area contributed by atoms with Crippen molar-refractivity contribution in [2.45, 2.75) is 51.0 Å². The van der Waals surface area contributed by atoms with Crippen molar-refractivity contribution < 1.29 is 9.50 Å². The van der Waals surface area contributed by atoms with Crippen molar-refractivity contribution in [1.82, 2.24) is 0 Å². The standard InChI is InChI=1S/C16H24FNO/c1-2-16(9-3-4-10-16)15(19)14(11-18)12-5-7-13(17)8-6-12/h5-8,14-15,19H,2-4,9-11,18H2,1H3. The molecule has 106 valence electrons. The van der Waals surface area contributed by atoms with Crippen LogP contribution in [0.3, 0.4) is 0 Å². The van der Waals surface area contributed by atoms with Crippen LogP contribution in [0.25, 0.3) is 0 Å². The largest absolute Gasteiger partial charge is 0.392 e. The molecule has 0 heterocycles. The molecule has 1 aliphatic rings. The average Bonchev–Trinajstić information content (AvgIpc) is 2.91. The fourth-order valence-electron chi connectivity index (χ4n) is 3.52. The summed E-state index contributed by atoms with van der Waals surface area (Å²) in [5.41, 5.74) is 6.81. The van der Waals surface area contributed by atoms with Crippen molar-refractivity contribution in [2.24, 2.45) is 11.1 Å². The first-order chi connectivity index (χ1) is 9.13. The minimum absolute atomic E-state index is 0.00156. The van der Waals surface area contributed by atoms with Gasteiger partial charge in [0.15, 0.2) is 0 Å². The van der Waals surface area contributed by atoms with E-state index in [1.807, 2.05) is 0 Å². The summed E-state index contributed by atoms with van der Waals surface area (Å²) in [6.07, 6.45) is 5.06. The number of nitrogens with two attached hydrogens (primary N) is 1. The number of hydrogen-bond acceptors (Lipinski definition) is 2. The maximum atomic E-state index is 13.0. The number of aliphatic hydroxyl groups excluding tert-OH is 1. The van der Waals surface area contributed by atoms with Gasteiger partial charge in [0.25, 0.3) is 0 Å². The number of rotatable bonds is 5. The van der Waals surface area contributed by atoms with Gasteiger partial charge in [-0.1, -0.05) is 31.9 Å². The lowest BCUT2D eigenvalue weighted by atomic mass is 9.71. The summed E-state index contributed by atoms with van der Waals surface area (Å²) in [6.45, 7) is 2.54. The Morgan fingerprint density at radius 2 is 1.84 bits per heavy atom. The molecule has 0 spiro atoms. The van der Waals surface area contributed by atoms with Crippen molar-refractivity contribution in [3.8, 4) is 0 Å². The third kappa shape index (κ3) is 2.82. The van der Waals surface area contributed by atoms with Crippen molar-refractivity contribution >= 4 is 0 Å². The molecule has 1 saturated carbocycles. The molecule has 0 bridgehead atoms. The van der Waals surface area contributed by atoms with E-state index in [2.05, 4.69) is 6.92 Å². The van der Waals surface area contributed by atoms with Crippen LogP contribution < -0.4 is 5.73 Å². The second-order valence-electron chi connectivity index (χ2n) is 5.76. The van der Waals surface area contributed by atoms with Gasteiger partial charge in [-0.25, -0.2) is 4.39 Å². The molecule has 2 unspecified atom stereocenters. The van der Waals surface area contributed by atoms with Crippen LogP contribution in [0.4, 0.5) is 4.39 Å². The number of halogens is 1. The number of aliphatic hydroxyl groups is 1. The summed E-state index contributed by atoms with van der Waals surface area (Å²) < 4.78 is 13.0. The van der Waals surface area contributed by atoms with Crippen molar-refractivity contribution in [3.05, 3.63) is 35.6 Å². The van der Waals surface area contributed by atoms with E-state index in [1.165, 1.54) is 25.0 Å². The van der Waals surface area contributed by atoms with Crippen LogP contribution in [-0.2, 0) is 0 Å². The Balaban J connectivity index is 2.23. The Morgan fingerprint density at radius 1 is 1.26 bits per heavy atom. The van der Waals surface area contributed by atoms with Crippen molar-refractivity contribution in [2.75, 3.05) is 6.54 Å². The molecule has 0 saturated heterocycles. The van der Waals surface area contributed by atoms with Gasteiger partial charge in [0.1, 0.15) is 5.82 Å². The highest BCUT2D eigenvalue weighted by molar-refractivity contribution is 5.23. The van der Waals surface area contributed by atoms with Crippen LogP contribution in [0.1, 0.15) is 50.5 Å². The Hall–Kier alpha value is -0.930. The fourth-order valence-corrected chi connectivity index (χ4v) is 3.52. The summed E-state index contributed by atoms with van der Waals surface area (Å²) in [5, 5.41) is 10.8. The molecule has 1 fully saturated rings. The Bertz CT molecular complexity index is 398. The molecule has 0 aromatic heterocycles. The minimum Gasteiger partial charge on any atom is -0.392 e. The smallest absolute Gasteiger partial charge is 0.123 e. The second kappa shape index (κ2) is 6.02. The van der Waals surface area contributed by atoms with E-state index in [0.29, 0.717) is 6.54 Å². The van der Waals surface area contributed by atoms with E-state index in [1.54, 1.807) is 12.1 Å². The van der Waals surface area contributed by atoms with E-state index in [4.69, 9.17) is 5.73 Å². The molecule has 1 aromatic rings. The van der Waals surface area contributed by atoms with Gasteiger partial charge in [-0.2, -0.15) is 0 Å². The zero-order valence-electron chi connectivity index (χ0n) is 11.6. The molecule has 1 aliphatic carbocycles. The van der Waals surface area contributed by atoms with Crippen LogP contribution in [0.2, 0.25) is 0 Å². The van der Waals surface area contributed by atoms with Gasteiger partial charge in [-0.3, -0.25) is 0 Å². The Morgan fingerprint density at radius 3 is 2.32 bits per heavy atom. The fraction of sp³-hybridized carbons (Fsp3) is 0.625. The molecule has 2 nitrogen and oxygen atoms in total. The summed E-state index contributed by atoms with van der Waals surface area (Å²) in [4.78, 5) is 0. The minimum atomic E-state index is -0.435. The third-order valence-electron chi connectivity index (χ3n) is 4.86. The maximum Gasteiger partial charge on any atom is 0.123 e. The van der Waals surface area contributed by atoms with Gasteiger partial charge in [0, 0.05) is 12.5 Å². The highest BCUT2D eigenvalue weighted by Crippen LogP contribution is 2.47. The van der Waals surface area contributed by atoms with Gasteiger partial charge in [-0.15, -0.1) is 0 Å². The molecular formula is C16H24FNO. The van der Waals surface area contributed by atoms with E-state index in [0.717, 1.165) is 24.8 Å². The predicted molar refractivity (Wildman–Crippen MR) is 75.4 cm³/mol. The lowest BCUT2D eigenvalue weighted by molar-refractivity contribution is 0.00599. The molecule has 2 atom stereocenters. The molecule has 3 heteroatoms.